The highest BCUT2D eigenvalue weighted by Crippen LogP contribution is 2.38. The van der Waals surface area contributed by atoms with Gasteiger partial charge in [-0.2, -0.15) is 0 Å². The lowest BCUT2D eigenvalue weighted by molar-refractivity contribution is 0.160. The minimum atomic E-state index is -0.429. The van der Waals surface area contributed by atoms with E-state index in [1.165, 1.54) is 17.4 Å². The van der Waals surface area contributed by atoms with Crippen molar-refractivity contribution in [3.63, 3.8) is 0 Å². The fourth-order valence-corrected chi connectivity index (χ4v) is 3.46. The molecule has 3 rings (SSSR count). The van der Waals surface area contributed by atoms with E-state index in [1.807, 2.05) is 0 Å². The molecule has 0 spiro atoms. The van der Waals surface area contributed by atoms with Crippen LogP contribution in [0.15, 0.2) is 18.2 Å². The summed E-state index contributed by atoms with van der Waals surface area (Å²) in [6.07, 6.45) is 2.24. The van der Waals surface area contributed by atoms with E-state index >= 15 is 0 Å². The summed E-state index contributed by atoms with van der Waals surface area (Å²) in [4.78, 5) is 5.46. The van der Waals surface area contributed by atoms with Crippen molar-refractivity contribution < 1.29 is 9.50 Å². The molecule has 2 nitrogen and oxygen atoms in total. The summed E-state index contributed by atoms with van der Waals surface area (Å²) >= 11 is 7.24. The number of fused-ring (bicyclic) bond motifs is 1. The second kappa shape index (κ2) is 4.61. The summed E-state index contributed by atoms with van der Waals surface area (Å²) in [6.45, 7) is 0. The number of benzene rings is 1. The molecule has 1 N–H and O–H groups in total. The Morgan fingerprint density at radius 3 is 3.00 bits per heavy atom. The van der Waals surface area contributed by atoms with Crippen LogP contribution >= 0.6 is 22.9 Å². The maximum absolute atomic E-state index is 13.1. The Bertz CT molecular complexity index is 599. The number of nitrogens with zero attached hydrogens (tertiary/aromatic N) is 1. The standard InChI is InChI=1S/C13H11ClFNOS/c14-8-6-7(4-5-9(8)15)13-16-10-2-1-3-11(17)12(10)18-13/h4-6,11,17H,1-3H2. The summed E-state index contributed by atoms with van der Waals surface area (Å²) < 4.78 is 13.1. The second-order valence-electron chi connectivity index (χ2n) is 4.37. The van der Waals surface area contributed by atoms with E-state index < -0.39 is 11.9 Å². The molecule has 1 heterocycles. The highest BCUT2D eigenvalue weighted by atomic mass is 35.5. The molecule has 1 aromatic heterocycles. The lowest BCUT2D eigenvalue weighted by Gasteiger charge is -2.14. The normalized spacial score (nSPS) is 18.7. The number of hydrogen-bond donors (Lipinski definition) is 1. The van der Waals surface area contributed by atoms with E-state index in [1.54, 1.807) is 12.1 Å². The van der Waals surface area contributed by atoms with Gasteiger partial charge in [0, 0.05) is 5.56 Å². The molecule has 0 aliphatic heterocycles. The van der Waals surface area contributed by atoms with E-state index in [9.17, 15) is 9.50 Å². The predicted octanol–water partition coefficient (Wildman–Crippen LogP) is 3.97. The van der Waals surface area contributed by atoms with Crippen molar-refractivity contribution in [2.75, 3.05) is 0 Å². The number of aliphatic hydroxyl groups excluding tert-OH is 1. The van der Waals surface area contributed by atoms with Crippen LogP contribution in [0.25, 0.3) is 10.6 Å². The Labute approximate surface area is 113 Å². The van der Waals surface area contributed by atoms with Crippen LogP contribution in [-0.2, 0) is 6.42 Å². The molecular formula is C13H11ClFNOS. The van der Waals surface area contributed by atoms with E-state index in [0.29, 0.717) is 0 Å². The van der Waals surface area contributed by atoms with Crippen molar-refractivity contribution in [3.8, 4) is 10.6 Å². The first-order chi connectivity index (χ1) is 8.65. The summed E-state index contributed by atoms with van der Waals surface area (Å²) in [6, 6.07) is 4.58. The third kappa shape index (κ3) is 2.05. The number of rotatable bonds is 1. The van der Waals surface area contributed by atoms with Crippen molar-refractivity contribution >= 4 is 22.9 Å². The maximum atomic E-state index is 13.1. The lowest BCUT2D eigenvalue weighted by Crippen LogP contribution is -2.06. The first-order valence-corrected chi connectivity index (χ1v) is 6.97. The van der Waals surface area contributed by atoms with Crippen molar-refractivity contribution in [3.05, 3.63) is 39.6 Å². The SMILES string of the molecule is OC1CCCc2nc(-c3ccc(F)c(Cl)c3)sc21. The quantitative estimate of drug-likeness (QED) is 0.859. The zero-order chi connectivity index (χ0) is 12.7. The lowest BCUT2D eigenvalue weighted by atomic mass is 10.0. The molecule has 0 saturated carbocycles. The van der Waals surface area contributed by atoms with Gasteiger partial charge in [-0.05, 0) is 37.5 Å². The van der Waals surface area contributed by atoms with Gasteiger partial charge in [0.05, 0.1) is 21.7 Å². The Balaban J connectivity index is 2.04. The molecule has 1 aliphatic rings. The summed E-state index contributed by atoms with van der Waals surface area (Å²) in [5, 5.41) is 10.8. The highest BCUT2D eigenvalue weighted by molar-refractivity contribution is 7.15. The van der Waals surface area contributed by atoms with Crippen LogP contribution in [-0.4, -0.2) is 10.1 Å². The largest absolute Gasteiger partial charge is 0.388 e. The van der Waals surface area contributed by atoms with E-state index in [2.05, 4.69) is 4.98 Å². The minimum absolute atomic E-state index is 0.0984. The number of aryl methyl sites for hydroxylation is 1. The van der Waals surface area contributed by atoms with Crippen LogP contribution in [0.4, 0.5) is 4.39 Å². The van der Waals surface area contributed by atoms with Crippen molar-refractivity contribution in [1.29, 1.82) is 0 Å². The van der Waals surface area contributed by atoms with Gasteiger partial charge in [-0.3, -0.25) is 0 Å². The summed E-state index contributed by atoms with van der Waals surface area (Å²) in [5.74, 6) is -0.429. The molecule has 1 unspecified atom stereocenters. The fraction of sp³-hybridized carbons (Fsp3) is 0.308. The van der Waals surface area contributed by atoms with Crippen LogP contribution in [0.3, 0.4) is 0 Å². The van der Waals surface area contributed by atoms with E-state index in [4.69, 9.17) is 11.6 Å². The highest BCUT2D eigenvalue weighted by Gasteiger charge is 2.23. The smallest absolute Gasteiger partial charge is 0.141 e. The third-order valence-corrected chi connectivity index (χ3v) is 4.63. The van der Waals surface area contributed by atoms with Crippen LogP contribution in [0.5, 0.6) is 0 Å². The molecule has 5 heteroatoms. The maximum Gasteiger partial charge on any atom is 0.141 e. The first kappa shape index (κ1) is 12.1. The minimum Gasteiger partial charge on any atom is -0.388 e. The molecule has 94 valence electrons. The molecule has 1 aromatic carbocycles. The second-order valence-corrected chi connectivity index (χ2v) is 5.80. The Kier molecular flexibility index (Phi) is 3.09. The monoisotopic (exact) mass is 283 g/mol. The van der Waals surface area contributed by atoms with Gasteiger partial charge in [-0.15, -0.1) is 11.3 Å². The van der Waals surface area contributed by atoms with Crippen LogP contribution in [0.2, 0.25) is 5.02 Å². The third-order valence-electron chi connectivity index (χ3n) is 3.09. The van der Waals surface area contributed by atoms with Gasteiger partial charge in [-0.25, -0.2) is 9.37 Å². The zero-order valence-electron chi connectivity index (χ0n) is 9.49. The van der Waals surface area contributed by atoms with Crippen molar-refractivity contribution in [2.24, 2.45) is 0 Å². The topological polar surface area (TPSA) is 33.1 Å². The van der Waals surface area contributed by atoms with Crippen LogP contribution in [0, 0.1) is 5.82 Å². The zero-order valence-corrected chi connectivity index (χ0v) is 11.1. The summed E-state index contributed by atoms with van der Waals surface area (Å²) in [7, 11) is 0. The number of aliphatic hydroxyl groups is 1. The van der Waals surface area contributed by atoms with Crippen LogP contribution in [0.1, 0.15) is 29.5 Å². The Morgan fingerprint density at radius 1 is 1.44 bits per heavy atom. The summed E-state index contributed by atoms with van der Waals surface area (Å²) in [5.41, 5.74) is 1.77. The average Bonchev–Trinajstić information content (AvgIpc) is 2.78. The van der Waals surface area contributed by atoms with Gasteiger partial charge in [0.1, 0.15) is 10.8 Å². The first-order valence-electron chi connectivity index (χ1n) is 5.78. The van der Waals surface area contributed by atoms with Crippen molar-refractivity contribution in [1.82, 2.24) is 4.98 Å². The van der Waals surface area contributed by atoms with Crippen molar-refractivity contribution in [2.45, 2.75) is 25.4 Å². The molecule has 1 atom stereocenters. The number of aromatic nitrogens is 1. The molecule has 0 amide bonds. The molecule has 0 fully saturated rings. The Morgan fingerprint density at radius 2 is 2.28 bits per heavy atom. The molecular weight excluding hydrogens is 273 g/mol. The van der Waals surface area contributed by atoms with Gasteiger partial charge in [0.2, 0.25) is 0 Å². The van der Waals surface area contributed by atoms with Gasteiger partial charge in [0.15, 0.2) is 0 Å². The molecule has 18 heavy (non-hydrogen) atoms. The Hall–Kier alpha value is -0.970. The van der Waals surface area contributed by atoms with Gasteiger partial charge < -0.3 is 5.11 Å². The number of halogens is 2. The molecule has 1 aliphatic carbocycles. The molecule has 0 radical (unpaired) electrons. The number of hydrogen-bond acceptors (Lipinski definition) is 3. The van der Waals surface area contributed by atoms with Gasteiger partial charge in [0.25, 0.3) is 0 Å². The van der Waals surface area contributed by atoms with Crippen LogP contribution < -0.4 is 0 Å². The fourth-order valence-electron chi connectivity index (χ4n) is 2.15. The van der Waals surface area contributed by atoms with E-state index in [0.717, 1.165) is 40.4 Å². The average molecular weight is 284 g/mol. The number of thiazole rings is 1. The molecule has 2 aromatic rings. The van der Waals surface area contributed by atoms with Gasteiger partial charge in [-0.1, -0.05) is 11.6 Å². The molecule has 0 bridgehead atoms. The predicted molar refractivity (Wildman–Crippen MR) is 70.4 cm³/mol. The van der Waals surface area contributed by atoms with Gasteiger partial charge >= 0.3 is 0 Å². The van der Waals surface area contributed by atoms with E-state index in [-0.39, 0.29) is 5.02 Å². The molecule has 0 saturated heterocycles.